The summed E-state index contributed by atoms with van der Waals surface area (Å²) in [5, 5.41) is 18.8. The van der Waals surface area contributed by atoms with Gasteiger partial charge in [0.1, 0.15) is 5.60 Å². The molecule has 1 heterocycles. The van der Waals surface area contributed by atoms with Gasteiger partial charge in [0.15, 0.2) is 0 Å². The Morgan fingerprint density at radius 3 is 2.14 bits per heavy atom. The molecule has 13 heteroatoms. The van der Waals surface area contributed by atoms with Crippen molar-refractivity contribution in [2.75, 3.05) is 26.2 Å². The fourth-order valence-corrected chi connectivity index (χ4v) is 3.31. The summed E-state index contributed by atoms with van der Waals surface area (Å²) in [6, 6.07) is 3.51. The van der Waals surface area contributed by atoms with Crippen LogP contribution in [0.3, 0.4) is 0 Å². The van der Waals surface area contributed by atoms with E-state index in [2.05, 4.69) is 16.0 Å². The summed E-state index contributed by atoms with van der Waals surface area (Å²) >= 11 is 0. The van der Waals surface area contributed by atoms with Crippen LogP contribution in [0.2, 0.25) is 0 Å². The zero-order chi connectivity index (χ0) is 26.9. The summed E-state index contributed by atoms with van der Waals surface area (Å²) in [5.41, 5.74) is -0.791. The molecule has 0 saturated heterocycles. The first kappa shape index (κ1) is 28.2. The molecule has 0 unspecified atom stereocenters. The molecule has 5 amide bonds. The van der Waals surface area contributed by atoms with E-state index in [0.717, 1.165) is 11.0 Å². The molecule has 1 aromatic carbocycles. The van der Waals surface area contributed by atoms with Gasteiger partial charge in [0, 0.05) is 51.2 Å². The maximum atomic E-state index is 12.4. The maximum absolute atomic E-state index is 12.4. The molecule has 1 aromatic rings. The molecule has 0 saturated carbocycles. The molecular formula is C23H31N5O8. The number of nitro benzene ring substituents is 1. The lowest BCUT2D eigenvalue weighted by atomic mass is 10.1. The second kappa shape index (κ2) is 12.6. The predicted molar refractivity (Wildman–Crippen MR) is 127 cm³/mol. The molecular weight excluding hydrogens is 474 g/mol. The van der Waals surface area contributed by atoms with E-state index in [1.165, 1.54) is 12.1 Å². The Kier molecular flexibility index (Phi) is 9.88. The van der Waals surface area contributed by atoms with Gasteiger partial charge in [-0.1, -0.05) is 0 Å². The van der Waals surface area contributed by atoms with Gasteiger partial charge in [0.25, 0.3) is 17.5 Å². The Morgan fingerprint density at radius 1 is 0.917 bits per heavy atom. The maximum Gasteiger partial charge on any atom is 0.407 e. The van der Waals surface area contributed by atoms with E-state index in [0.29, 0.717) is 19.5 Å². The van der Waals surface area contributed by atoms with Crippen LogP contribution in [0.4, 0.5) is 10.5 Å². The first-order valence-electron chi connectivity index (χ1n) is 11.5. The van der Waals surface area contributed by atoms with Crippen LogP contribution in [-0.4, -0.2) is 71.3 Å². The number of non-ortho nitro benzene ring substituents is 1. The molecule has 0 radical (unpaired) electrons. The number of amides is 5. The molecule has 2 rings (SSSR count). The van der Waals surface area contributed by atoms with Gasteiger partial charge in [-0.25, -0.2) is 4.79 Å². The van der Waals surface area contributed by atoms with Crippen molar-refractivity contribution >= 4 is 35.4 Å². The van der Waals surface area contributed by atoms with E-state index in [-0.39, 0.29) is 61.0 Å². The summed E-state index contributed by atoms with van der Waals surface area (Å²) in [7, 11) is 0. The van der Waals surface area contributed by atoms with Crippen LogP contribution in [0.25, 0.3) is 0 Å². The third kappa shape index (κ3) is 8.64. The standard InChI is InChI=1S/C23H31N5O8/c1-23(2,3)36-22(33)26-12-9-19(30)25-11-5-10-24-18(29)6-4-13-27-20(31)16-8-7-15(28(34)35)14-17(16)21(27)32/h7-8,14H,4-6,9-13H2,1-3H3,(H,24,29)(H,25,30)(H,26,33). The topological polar surface area (TPSA) is 177 Å². The zero-order valence-corrected chi connectivity index (χ0v) is 20.5. The molecule has 0 aliphatic carbocycles. The molecule has 1 aliphatic heterocycles. The van der Waals surface area contributed by atoms with E-state index in [1.807, 2.05) is 0 Å². The van der Waals surface area contributed by atoms with Crippen molar-refractivity contribution in [1.29, 1.82) is 0 Å². The zero-order valence-electron chi connectivity index (χ0n) is 20.5. The average Bonchev–Trinajstić information content (AvgIpc) is 3.02. The fraction of sp³-hybridized carbons (Fsp3) is 0.522. The number of benzene rings is 1. The number of rotatable bonds is 12. The SMILES string of the molecule is CC(C)(C)OC(=O)NCCC(=O)NCCCNC(=O)CCCN1C(=O)c2ccc([N+](=O)[O-])cc2C1=O. The normalized spacial score (nSPS) is 12.7. The number of carbonyl (C=O) groups is 5. The van der Waals surface area contributed by atoms with E-state index in [9.17, 15) is 34.1 Å². The number of imide groups is 1. The summed E-state index contributed by atoms with van der Waals surface area (Å²) in [4.78, 5) is 71.3. The second-order valence-electron chi connectivity index (χ2n) is 9.08. The van der Waals surface area contributed by atoms with Crippen molar-refractivity contribution in [2.24, 2.45) is 0 Å². The molecule has 36 heavy (non-hydrogen) atoms. The average molecular weight is 506 g/mol. The van der Waals surface area contributed by atoms with Gasteiger partial charge in [-0.2, -0.15) is 0 Å². The summed E-state index contributed by atoms with van der Waals surface area (Å²) in [6.45, 7) is 6.04. The van der Waals surface area contributed by atoms with Crippen LogP contribution in [0.1, 0.15) is 67.2 Å². The largest absolute Gasteiger partial charge is 0.444 e. The third-order valence-electron chi connectivity index (χ3n) is 4.97. The minimum absolute atomic E-state index is 0.0127. The van der Waals surface area contributed by atoms with Crippen LogP contribution >= 0.6 is 0 Å². The number of hydrogen-bond acceptors (Lipinski definition) is 8. The van der Waals surface area contributed by atoms with Crippen LogP contribution in [0.15, 0.2) is 18.2 Å². The van der Waals surface area contributed by atoms with Crippen molar-refractivity contribution in [2.45, 2.75) is 52.1 Å². The Bertz CT molecular complexity index is 1030. The van der Waals surface area contributed by atoms with Crippen molar-refractivity contribution in [3.8, 4) is 0 Å². The molecule has 0 aromatic heterocycles. The number of hydrogen-bond donors (Lipinski definition) is 3. The lowest BCUT2D eigenvalue weighted by Crippen LogP contribution is -2.35. The quantitative estimate of drug-likeness (QED) is 0.166. The number of nitrogens with zero attached hydrogens (tertiary/aromatic N) is 2. The number of fused-ring (bicyclic) bond motifs is 1. The molecule has 0 spiro atoms. The van der Waals surface area contributed by atoms with Crippen molar-refractivity contribution < 1.29 is 33.6 Å². The first-order chi connectivity index (χ1) is 16.9. The number of ether oxygens (including phenoxy) is 1. The molecule has 0 atom stereocenters. The molecule has 0 fully saturated rings. The number of nitrogens with one attached hydrogen (secondary N) is 3. The van der Waals surface area contributed by atoms with Crippen molar-refractivity contribution in [3.05, 3.63) is 39.4 Å². The molecule has 13 nitrogen and oxygen atoms in total. The van der Waals surface area contributed by atoms with Gasteiger partial charge in [0.2, 0.25) is 11.8 Å². The summed E-state index contributed by atoms with van der Waals surface area (Å²) in [6.07, 6.45) is 0.312. The van der Waals surface area contributed by atoms with Gasteiger partial charge < -0.3 is 20.7 Å². The van der Waals surface area contributed by atoms with Crippen molar-refractivity contribution in [3.63, 3.8) is 0 Å². The van der Waals surface area contributed by atoms with Gasteiger partial charge >= 0.3 is 6.09 Å². The van der Waals surface area contributed by atoms with E-state index >= 15 is 0 Å². The summed E-state index contributed by atoms with van der Waals surface area (Å²) < 4.78 is 5.07. The van der Waals surface area contributed by atoms with Crippen LogP contribution in [0.5, 0.6) is 0 Å². The lowest BCUT2D eigenvalue weighted by Gasteiger charge is -2.19. The van der Waals surface area contributed by atoms with Gasteiger partial charge in [0.05, 0.1) is 16.1 Å². The molecule has 1 aliphatic rings. The minimum Gasteiger partial charge on any atom is -0.444 e. The van der Waals surface area contributed by atoms with Gasteiger partial charge in [-0.3, -0.25) is 34.2 Å². The number of alkyl carbamates (subject to hydrolysis) is 1. The van der Waals surface area contributed by atoms with Crippen molar-refractivity contribution in [1.82, 2.24) is 20.9 Å². The Morgan fingerprint density at radius 2 is 1.53 bits per heavy atom. The highest BCUT2D eigenvalue weighted by Crippen LogP contribution is 2.26. The highest BCUT2D eigenvalue weighted by atomic mass is 16.6. The Labute approximate surface area is 208 Å². The molecule has 196 valence electrons. The molecule has 3 N–H and O–H groups in total. The lowest BCUT2D eigenvalue weighted by molar-refractivity contribution is -0.384. The summed E-state index contributed by atoms with van der Waals surface area (Å²) in [5.74, 6) is -1.67. The third-order valence-corrected chi connectivity index (χ3v) is 4.97. The van der Waals surface area contributed by atoms with Gasteiger partial charge in [-0.05, 0) is 39.7 Å². The van der Waals surface area contributed by atoms with E-state index in [1.54, 1.807) is 20.8 Å². The van der Waals surface area contributed by atoms with Crippen LogP contribution in [0, 0.1) is 10.1 Å². The number of carbonyl (C=O) groups excluding carboxylic acids is 5. The first-order valence-corrected chi connectivity index (χ1v) is 11.5. The highest BCUT2D eigenvalue weighted by Gasteiger charge is 2.36. The Hall–Kier alpha value is -4.03. The predicted octanol–water partition coefficient (Wildman–Crippen LogP) is 1.51. The van der Waals surface area contributed by atoms with E-state index < -0.39 is 28.4 Å². The smallest absolute Gasteiger partial charge is 0.407 e. The van der Waals surface area contributed by atoms with Crippen LogP contribution in [-0.2, 0) is 14.3 Å². The number of nitro groups is 1. The Balaban J connectivity index is 1.58. The molecule has 0 bridgehead atoms. The van der Waals surface area contributed by atoms with Gasteiger partial charge in [-0.15, -0.1) is 0 Å². The monoisotopic (exact) mass is 505 g/mol. The highest BCUT2D eigenvalue weighted by molar-refractivity contribution is 6.21. The fourth-order valence-electron chi connectivity index (χ4n) is 3.31. The minimum atomic E-state index is -0.638. The second-order valence-corrected chi connectivity index (χ2v) is 9.08. The van der Waals surface area contributed by atoms with Crippen LogP contribution < -0.4 is 16.0 Å². The van der Waals surface area contributed by atoms with E-state index in [4.69, 9.17) is 4.74 Å².